The molecule has 0 radical (unpaired) electrons. The Balaban J connectivity index is 1.59. The van der Waals surface area contributed by atoms with E-state index in [-0.39, 0.29) is 23.3 Å². The summed E-state index contributed by atoms with van der Waals surface area (Å²) in [6, 6.07) is 6.97. The number of hydrogen-bond acceptors (Lipinski definition) is 5. The van der Waals surface area contributed by atoms with Crippen LogP contribution in [0.5, 0.6) is 0 Å². The van der Waals surface area contributed by atoms with E-state index in [1.54, 1.807) is 35.3 Å². The van der Waals surface area contributed by atoms with E-state index in [1.165, 1.54) is 6.33 Å². The van der Waals surface area contributed by atoms with Gasteiger partial charge in [-0.1, -0.05) is 0 Å². The lowest BCUT2D eigenvalue weighted by Crippen LogP contribution is -2.29. The number of hydrogen-bond donors (Lipinski definition) is 1. The molecular weight excluding hydrogens is 304 g/mol. The molecule has 1 aromatic heterocycles. The molecule has 8 heteroatoms. The van der Waals surface area contributed by atoms with Gasteiger partial charge >= 0.3 is 0 Å². The maximum absolute atomic E-state index is 12.1. The second-order valence-corrected chi connectivity index (χ2v) is 7.59. The van der Waals surface area contributed by atoms with Gasteiger partial charge in [-0.3, -0.25) is 4.79 Å². The van der Waals surface area contributed by atoms with Gasteiger partial charge in [0.1, 0.15) is 12.7 Å². The molecule has 1 aromatic carbocycles. The highest BCUT2D eigenvalue weighted by molar-refractivity contribution is 7.91. The van der Waals surface area contributed by atoms with Gasteiger partial charge in [0.05, 0.1) is 17.2 Å². The highest BCUT2D eigenvalue weighted by Gasteiger charge is 2.27. The smallest absolute Gasteiger partial charge is 0.251 e. The van der Waals surface area contributed by atoms with E-state index in [4.69, 9.17) is 0 Å². The van der Waals surface area contributed by atoms with Crippen molar-refractivity contribution in [3.63, 3.8) is 0 Å². The third-order valence-corrected chi connectivity index (χ3v) is 5.53. The van der Waals surface area contributed by atoms with Crippen LogP contribution in [0.4, 0.5) is 0 Å². The molecule has 1 N–H and O–H groups in total. The van der Waals surface area contributed by atoms with Crippen molar-refractivity contribution in [1.29, 1.82) is 0 Å². The minimum Gasteiger partial charge on any atom is -0.352 e. The van der Waals surface area contributed by atoms with Crippen LogP contribution in [0.25, 0.3) is 5.69 Å². The Bertz CT molecular complexity index is 754. The Morgan fingerprint density at radius 3 is 2.68 bits per heavy atom. The fourth-order valence-electron chi connectivity index (χ4n) is 2.48. The van der Waals surface area contributed by atoms with E-state index in [9.17, 15) is 13.2 Å². The standard InChI is InChI=1S/C14H16N4O3S/c19-14(16-7-11-5-6-22(20,21)8-11)12-1-3-13(4-2-12)18-10-15-9-17-18/h1-4,9-11H,5-8H2,(H,16,19)/t11-/m0/s1. The summed E-state index contributed by atoms with van der Waals surface area (Å²) in [4.78, 5) is 15.9. The lowest BCUT2D eigenvalue weighted by Gasteiger charge is -2.10. The molecule has 0 saturated carbocycles. The summed E-state index contributed by atoms with van der Waals surface area (Å²) in [5.74, 6) is 0.205. The normalized spacial score (nSPS) is 19.9. The minimum absolute atomic E-state index is 0.0170. The maximum atomic E-state index is 12.1. The molecule has 3 rings (SSSR count). The summed E-state index contributed by atoms with van der Waals surface area (Å²) in [5, 5.41) is 6.81. The number of nitrogens with one attached hydrogen (secondary N) is 1. The van der Waals surface area contributed by atoms with Gasteiger partial charge in [0.15, 0.2) is 9.84 Å². The van der Waals surface area contributed by atoms with Gasteiger partial charge in [-0.05, 0) is 36.6 Å². The lowest BCUT2D eigenvalue weighted by atomic mass is 10.1. The van der Waals surface area contributed by atoms with Crippen LogP contribution in [-0.2, 0) is 9.84 Å². The second kappa shape index (κ2) is 5.88. The predicted molar refractivity (Wildman–Crippen MR) is 80.5 cm³/mol. The van der Waals surface area contributed by atoms with Crippen LogP contribution in [0.3, 0.4) is 0 Å². The maximum Gasteiger partial charge on any atom is 0.251 e. The molecule has 1 amide bonds. The molecule has 1 saturated heterocycles. The summed E-state index contributed by atoms with van der Waals surface area (Å²) < 4.78 is 24.4. The zero-order valence-electron chi connectivity index (χ0n) is 11.8. The van der Waals surface area contributed by atoms with Crippen LogP contribution in [0.2, 0.25) is 0 Å². The first-order chi connectivity index (χ1) is 10.5. The minimum atomic E-state index is -2.91. The van der Waals surface area contributed by atoms with Gasteiger partial charge in [0.25, 0.3) is 5.91 Å². The Hall–Kier alpha value is -2.22. The Morgan fingerprint density at radius 2 is 2.09 bits per heavy atom. The fourth-order valence-corrected chi connectivity index (χ4v) is 4.34. The van der Waals surface area contributed by atoms with Crippen molar-refractivity contribution in [3.05, 3.63) is 42.5 Å². The number of nitrogens with zero attached hydrogens (tertiary/aromatic N) is 3. The first-order valence-electron chi connectivity index (χ1n) is 6.97. The van der Waals surface area contributed by atoms with Gasteiger partial charge < -0.3 is 5.32 Å². The van der Waals surface area contributed by atoms with Gasteiger partial charge in [0, 0.05) is 12.1 Å². The van der Waals surface area contributed by atoms with E-state index in [0.29, 0.717) is 18.5 Å². The number of rotatable bonds is 4. The molecule has 0 unspecified atom stereocenters. The SMILES string of the molecule is O=C(NC[C@@H]1CCS(=O)(=O)C1)c1ccc(-n2cncn2)cc1. The summed E-state index contributed by atoms with van der Waals surface area (Å²) in [7, 11) is -2.91. The summed E-state index contributed by atoms with van der Waals surface area (Å²) in [6.07, 6.45) is 3.64. The van der Waals surface area contributed by atoms with Crippen LogP contribution in [0, 0.1) is 5.92 Å². The third-order valence-electron chi connectivity index (χ3n) is 3.69. The van der Waals surface area contributed by atoms with Gasteiger partial charge in [0.2, 0.25) is 0 Å². The van der Waals surface area contributed by atoms with Crippen LogP contribution in [0.1, 0.15) is 16.8 Å². The third kappa shape index (κ3) is 3.33. The number of amides is 1. The quantitative estimate of drug-likeness (QED) is 0.882. The van der Waals surface area contributed by atoms with Gasteiger partial charge in [-0.2, -0.15) is 5.10 Å². The zero-order valence-corrected chi connectivity index (χ0v) is 12.7. The molecule has 7 nitrogen and oxygen atoms in total. The van der Waals surface area contributed by atoms with E-state index >= 15 is 0 Å². The number of carbonyl (C=O) groups excluding carboxylic acids is 1. The molecule has 1 aliphatic heterocycles. The second-order valence-electron chi connectivity index (χ2n) is 5.37. The monoisotopic (exact) mass is 320 g/mol. The highest BCUT2D eigenvalue weighted by atomic mass is 32.2. The molecule has 1 atom stereocenters. The van der Waals surface area contributed by atoms with E-state index in [0.717, 1.165) is 5.69 Å². The topological polar surface area (TPSA) is 94.0 Å². The van der Waals surface area contributed by atoms with Crippen LogP contribution in [-0.4, -0.2) is 47.1 Å². The first kappa shape index (κ1) is 14.7. The molecule has 116 valence electrons. The predicted octanol–water partition coefficient (Wildman–Crippen LogP) is 0.432. The Morgan fingerprint density at radius 1 is 1.32 bits per heavy atom. The van der Waals surface area contributed by atoms with Crippen LogP contribution < -0.4 is 5.32 Å². The Labute approximate surface area is 128 Å². The average molecular weight is 320 g/mol. The lowest BCUT2D eigenvalue weighted by molar-refractivity contribution is 0.0948. The Kier molecular flexibility index (Phi) is 3.93. The van der Waals surface area contributed by atoms with E-state index in [2.05, 4.69) is 15.4 Å². The first-order valence-corrected chi connectivity index (χ1v) is 8.79. The molecule has 0 aliphatic carbocycles. The number of carbonyl (C=O) groups is 1. The molecular formula is C14H16N4O3S. The van der Waals surface area contributed by atoms with Crippen LogP contribution >= 0.6 is 0 Å². The molecule has 1 aliphatic rings. The molecule has 0 bridgehead atoms. The van der Waals surface area contributed by atoms with E-state index < -0.39 is 9.84 Å². The average Bonchev–Trinajstić information content (AvgIpc) is 3.14. The van der Waals surface area contributed by atoms with Crippen molar-refractivity contribution >= 4 is 15.7 Å². The van der Waals surface area contributed by atoms with Crippen LogP contribution in [0.15, 0.2) is 36.9 Å². The van der Waals surface area contributed by atoms with Gasteiger partial charge in [-0.25, -0.2) is 18.1 Å². The highest BCUT2D eigenvalue weighted by Crippen LogP contribution is 2.17. The summed E-state index contributed by atoms with van der Waals surface area (Å²) in [6.45, 7) is 0.392. The fraction of sp³-hybridized carbons (Fsp3) is 0.357. The molecule has 0 spiro atoms. The zero-order chi connectivity index (χ0) is 15.6. The van der Waals surface area contributed by atoms with Crippen molar-refractivity contribution in [2.45, 2.75) is 6.42 Å². The number of sulfone groups is 1. The van der Waals surface area contributed by atoms with Crippen molar-refractivity contribution in [3.8, 4) is 5.69 Å². The van der Waals surface area contributed by atoms with Crippen molar-refractivity contribution in [1.82, 2.24) is 20.1 Å². The summed E-state index contributed by atoms with van der Waals surface area (Å²) in [5.41, 5.74) is 1.35. The van der Waals surface area contributed by atoms with Crippen molar-refractivity contribution in [2.24, 2.45) is 5.92 Å². The van der Waals surface area contributed by atoms with Crippen molar-refractivity contribution in [2.75, 3.05) is 18.1 Å². The molecule has 1 fully saturated rings. The van der Waals surface area contributed by atoms with E-state index in [1.807, 2.05) is 0 Å². The summed E-state index contributed by atoms with van der Waals surface area (Å²) >= 11 is 0. The number of aromatic nitrogens is 3. The van der Waals surface area contributed by atoms with Crippen molar-refractivity contribution < 1.29 is 13.2 Å². The molecule has 22 heavy (non-hydrogen) atoms. The van der Waals surface area contributed by atoms with Gasteiger partial charge in [-0.15, -0.1) is 0 Å². The molecule has 2 aromatic rings. The number of benzene rings is 1. The molecule has 2 heterocycles. The largest absolute Gasteiger partial charge is 0.352 e.